The fraction of sp³-hybridized carbons (Fsp3) is 0.381. The van der Waals surface area contributed by atoms with Crippen LogP contribution in [0, 0.1) is 0 Å². The lowest BCUT2D eigenvalue weighted by molar-refractivity contribution is 0.0285. The number of rotatable bonds is 6. The fourth-order valence-corrected chi connectivity index (χ4v) is 2.44. The normalized spacial score (nSPS) is 10.9. The van der Waals surface area contributed by atoms with Crippen molar-refractivity contribution in [1.29, 1.82) is 0 Å². The Kier molecular flexibility index (Phi) is 6.98. The van der Waals surface area contributed by atoms with Crippen LogP contribution in [0.2, 0.25) is 0 Å². The maximum absolute atomic E-state index is 12.6. The van der Waals surface area contributed by atoms with Crippen molar-refractivity contribution < 1.29 is 19.1 Å². The molecular formula is C21H27N3O4. The van der Waals surface area contributed by atoms with Crippen molar-refractivity contribution in [1.82, 2.24) is 9.88 Å². The molecule has 0 radical (unpaired) electrons. The van der Waals surface area contributed by atoms with Crippen molar-refractivity contribution in [2.45, 2.75) is 39.8 Å². The molecule has 2 aromatic rings. The molecule has 1 aromatic heterocycles. The van der Waals surface area contributed by atoms with Crippen LogP contribution in [0.4, 0.5) is 10.5 Å². The molecular weight excluding hydrogens is 358 g/mol. The van der Waals surface area contributed by atoms with Crippen LogP contribution in [-0.2, 0) is 11.3 Å². The van der Waals surface area contributed by atoms with Gasteiger partial charge in [0, 0.05) is 25.5 Å². The summed E-state index contributed by atoms with van der Waals surface area (Å²) in [5.74, 6) is -0.0162. The van der Waals surface area contributed by atoms with E-state index in [1.165, 1.54) is 4.90 Å². The zero-order valence-corrected chi connectivity index (χ0v) is 17.0. The standard InChI is InChI=1S/C21H27N3O4/c1-6-27-19-17(11-8-12-22-19)18(25)23-16-10-7-9-15(13-16)14-24(5)20(26)28-21(2,3)4/h7-13H,6,14H2,1-5H3,(H,23,25). The topological polar surface area (TPSA) is 80.8 Å². The number of carbonyl (C=O) groups is 2. The van der Waals surface area contributed by atoms with Gasteiger partial charge in [0.25, 0.3) is 5.91 Å². The lowest BCUT2D eigenvalue weighted by Crippen LogP contribution is -2.33. The van der Waals surface area contributed by atoms with E-state index in [1.54, 1.807) is 31.4 Å². The van der Waals surface area contributed by atoms with E-state index < -0.39 is 11.7 Å². The summed E-state index contributed by atoms with van der Waals surface area (Å²) in [6, 6.07) is 10.6. The monoisotopic (exact) mass is 385 g/mol. The molecule has 0 saturated carbocycles. The van der Waals surface area contributed by atoms with Crippen molar-refractivity contribution in [3.63, 3.8) is 0 Å². The van der Waals surface area contributed by atoms with E-state index in [2.05, 4.69) is 10.3 Å². The number of nitrogens with one attached hydrogen (secondary N) is 1. The highest BCUT2D eigenvalue weighted by molar-refractivity contribution is 6.05. The Balaban J connectivity index is 2.07. The van der Waals surface area contributed by atoms with Gasteiger partial charge in [-0.3, -0.25) is 4.79 Å². The average Bonchev–Trinajstić information content (AvgIpc) is 2.61. The van der Waals surface area contributed by atoms with Crippen molar-refractivity contribution in [3.8, 4) is 5.88 Å². The van der Waals surface area contributed by atoms with E-state index in [-0.39, 0.29) is 5.91 Å². The van der Waals surface area contributed by atoms with E-state index in [0.717, 1.165) is 5.56 Å². The summed E-state index contributed by atoms with van der Waals surface area (Å²) in [6.07, 6.45) is 1.17. The number of pyridine rings is 1. The predicted octanol–water partition coefficient (Wildman–Crippen LogP) is 4.10. The summed E-state index contributed by atoms with van der Waals surface area (Å²) in [5, 5.41) is 2.84. The summed E-state index contributed by atoms with van der Waals surface area (Å²) < 4.78 is 10.8. The maximum Gasteiger partial charge on any atom is 0.410 e. The molecule has 0 spiro atoms. The molecule has 1 heterocycles. The van der Waals surface area contributed by atoms with Crippen molar-refractivity contribution in [2.24, 2.45) is 0 Å². The molecule has 0 aliphatic heterocycles. The zero-order chi connectivity index (χ0) is 20.7. The van der Waals surface area contributed by atoms with Gasteiger partial charge in [0.15, 0.2) is 0 Å². The Morgan fingerprint density at radius 3 is 2.61 bits per heavy atom. The van der Waals surface area contributed by atoms with Gasteiger partial charge in [0.2, 0.25) is 5.88 Å². The molecule has 0 unspecified atom stereocenters. The van der Waals surface area contributed by atoms with Crippen LogP contribution in [0.25, 0.3) is 0 Å². The molecule has 0 fully saturated rings. The van der Waals surface area contributed by atoms with E-state index >= 15 is 0 Å². The molecule has 150 valence electrons. The molecule has 7 nitrogen and oxygen atoms in total. The Morgan fingerprint density at radius 1 is 1.18 bits per heavy atom. The van der Waals surface area contributed by atoms with E-state index in [0.29, 0.717) is 30.3 Å². The van der Waals surface area contributed by atoms with Crippen molar-refractivity contribution in [2.75, 3.05) is 19.0 Å². The third kappa shape index (κ3) is 6.26. The second-order valence-corrected chi connectivity index (χ2v) is 7.28. The van der Waals surface area contributed by atoms with Crippen LogP contribution in [0.5, 0.6) is 5.88 Å². The molecule has 0 aliphatic carbocycles. The molecule has 2 amide bonds. The summed E-state index contributed by atoms with van der Waals surface area (Å²) in [5.41, 5.74) is 1.29. The summed E-state index contributed by atoms with van der Waals surface area (Å²) in [6.45, 7) is 8.08. The van der Waals surface area contributed by atoms with Gasteiger partial charge in [-0.15, -0.1) is 0 Å². The molecule has 1 aromatic carbocycles. The highest BCUT2D eigenvalue weighted by Crippen LogP contribution is 2.19. The summed E-state index contributed by atoms with van der Waals surface area (Å²) in [7, 11) is 1.67. The molecule has 0 bridgehead atoms. The minimum Gasteiger partial charge on any atom is -0.477 e. The smallest absolute Gasteiger partial charge is 0.410 e. The molecule has 7 heteroatoms. The minimum absolute atomic E-state index is 0.295. The summed E-state index contributed by atoms with van der Waals surface area (Å²) in [4.78, 5) is 30.3. The Labute approximate surface area is 165 Å². The van der Waals surface area contributed by atoms with Crippen molar-refractivity contribution in [3.05, 3.63) is 53.7 Å². The van der Waals surface area contributed by atoms with Crippen LogP contribution in [0.3, 0.4) is 0 Å². The predicted molar refractivity (Wildman–Crippen MR) is 108 cm³/mol. The van der Waals surface area contributed by atoms with Gasteiger partial charge in [0.05, 0.1) is 6.61 Å². The molecule has 0 saturated heterocycles. The average molecular weight is 385 g/mol. The largest absolute Gasteiger partial charge is 0.477 e. The van der Waals surface area contributed by atoms with Gasteiger partial charge in [-0.25, -0.2) is 9.78 Å². The number of aromatic nitrogens is 1. The number of nitrogens with zero attached hydrogens (tertiary/aromatic N) is 2. The third-order valence-corrected chi connectivity index (χ3v) is 3.61. The van der Waals surface area contributed by atoms with Gasteiger partial charge in [-0.2, -0.15) is 0 Å². The molecule has 1 N–H and O–H groups in total. The van der Waals surface area contributed by atoms with Crippen LogP contribution in [-0.4, -0.2) is 41.1 Å². The first kappa shape index (κ1) is 21.2. The fourth-order valence-electron chi connectivity index (χ4n) is 2.44. The number of hydrogen-bond donors (Lipinski definition) is 1. The van der Waals surface area contributed by atoms with Gasteiger partial charge in [-0.05, 0) is 57.5 Å². The number of hydrogen-bond acceptors (Lipinski definition) is 5. The maximum atomic E-state index is 12.6. The van der Waals surface area contributed by atoms with Gasteiger partial charge in [0.1, 0.15) is 11.2 Å². The van der Waals surface area contributed by atoms with E-state index in [1.807, 2.05) is 45.9 Å². The van der Waals surface area contributed by atoms with Gasteiger partial charge < -0.3 is 19.7 Å². The quantitative estimate of drug-likeness (QED) is 0.810. The molecule has 2 rings (SSSR count). The summed E-state index contributed by atoms with van der Waals surface area (Å²) >= 11 is 0. The number of amides is 2. The second kappa shape index (κ2) is 9.21. The van der Waals surface area contributed by atoms with Crippen LogP contribution in [0.15, 0.2) is 42.6 Å². The first-order valence-electron chi connectivity index (χ1n) is 9.12. The first-order chi connectivity index (χ1) is 13.2. The second-order valence-electron chi connectivity index (χ2n) is 7.28. The lowest BCUT2D eigenvalue weighted by atomic mass is 10.1. The van der Waals surface area contributed by atoms with Gasteiger partial charge >= 0.3 is 6.09 Å². The van der Waals surface area contributed by atoms with Crippen molar-refractivity contribution >= 4 is 17.7 Å². The number of carbonyl (C=O) groups excluding carboxylic acids is 2. The van der Waals surface area contributed by atoms with E-state index in [9.17, 15) is 9.59 Å². The first-order valence-corrected chi connectivity index (χ1v) is 9.12. The Morgan fingerprint density at radius 2 is 1.93 bits per heavy atom. The van der Waals surface area contributed by atoms with E-state index in [4.69, 9.17) is 9.47 Å². The highest BCUT2D eigenvalue weighted by Gasteiger charge is 2.20. The van der Waals surface area contributed by atoms with Crippen LogP contribution >= 0.6 is 0 Å². The minimum atomic E-state index is -0.552. The molecule has 0 atom stereocenters. The van der Waals surface area contributed by atoms with Crippen LogP contribution < -0.4 is 10.1 Å². The zero-order valence-electron chi connectivity index (χ0n) is 17.0. The highest BCUT2D eigenvalue weighted by atomic mass is 16.6. The van der Waals surface area contributed by atoms with Gasteiger partial charge in [-0.1, -0.05) is 12.1 Å². The Hall–Kier alpha value is -3.09. The number of ether oxygens (including phenoxy) is 2. The number of benzene rings is 1. The van der Waals surface area contributed by atoms with Crippen LogP contribution in [0.1, 0.15) is 43.6 Å². The molecule has 28 heavy (non-hydrogen) atoms. The SMILES string of the molecule is CCOc1ncccc1C(=O)Nc1cccc(CN(C)C(=O)OC(C)(C)C)c1. The number of anilines is 1. The lowest BCUT2D eigenvalue weighted by Gasteiger charge is -2.24. The third-order valence-electron chi connectivity index (χ3n) is 3.61. The Bertz CT molecular complexity index is 830. The molecule has 0 aliphatic rings.